The van der Waals surface area contributed by atoms with Crippen LogP contribution in [0.3, 0.4) is 0 Å². The summed E-state index contributed by atoms with van der Waals surface area (Å²) in [4.78, 5) is 11.9. The van der Waals surface area contributed by atoms with Crippen LogP contribution in [0.1, 0.15) is 18.4 Å². The molecule has 0 radical (unpaired) electrons. The van der Waals surface area contributed by atoms with Gasteiger partial charge in [-0.25, -0.2) is 0 Å². The predicted octanol–water partition coefficient (Wildman–Crippen LogP) is 3.25. The van der Waals surface area contributed by atoms with E-state index in [1.54, 1.807) is 7.11 Å². The molecule has 0 aliphatic carbocycles. The number of hydrogen-bond acceptors (Lipinski definition) is 3. The Morgan fingerprint density at radius 3 is 2.65 bits per heavy atom. The largest absolute Gasteiger partial charge is 0.497 e. The maximum Gasteiger partial charge on any atom is 0.225 e. The average Bonchev–Trinajstić information content (AvgIpc) is 2.59. The fourth-order valence-electron chi connectivity index (χ4n) is 2.31. The standard InChI is InChI=1S/C19H24N2O2/c1-23-18-11-5-10-17(15-18)21-19(22)12-14-20-13-6-9-16-7-3-2-4-8-16/h2-5,7-8,10-11,15,20H,6,9,12-14H2,1H3,(H,21,22). The molecule has 0 saturated carbocycles. The molecule has 0 saturated heterocycles. The minimum absolute atomic E-state index is 0.00816. The monoisotopic (exact) mass is 312 g/mol. The van der Waals surface area contributed by atoms with Crippen molar-refractivity contribution in [3.05, 3.63) is 60.2 Å². The highest BCUT2D eigenvalue weighted by atomic mass is 16.5. The average molecular weight is 312 g/mol. The lowest BCUT2D eigenvalue weighted by Gasteiger charge is -2.08. The summed E-state index contributed by atoms with van der Waals surface area (Å²) in [5.41, 5.74) is 2.11. The van der Waals surface area contributed by atoms with Gasteiger partial charge >= 0.3 is 0 Å². The molecule has 0 aromatic heterocycles. The second-order valence-electron chi connectivity index (χ2n) is 5.37. The van der Waals surface area contributed by atoms with Gasteiger partial charge in [0.05, 0.1) is 7.11 Å². The van der Waals surface area contributed by atoms with Gasteiger partial charge in [-0.1, -0.05) is 36.4 Å². The van der Waals surface area contributed by atoms with Crippen molar-refractivity contribution >= 4 is 11.6 Å². The van der Waals surface area contributed by atoms with Crippen LogP contribution in [0, 0.1) is 0 Å². The number of methoxy groups -OCH3 is 1. The third kappa shape index (κ3) is 6.53. The summed E-state index contributed by atoms with van der Waals surface area (Å²) >= 11 is 0. The van der Waals surface area contributed by atoms with Crippen molar-refractivity contribution in [2.45, 2.75) is 19.3 Å². The van der Waals surface area contributed by atoms with Crippen LogP contribution < -0.4 is 15.4 Å². The first-order chi connectivity index (χ1) is 11.3. The number of carbonyl (C=O) groups excluding carboxylic acids is 1. The third-order valence-electron chi connectivity index (χ3n) is 3.54. The van der Waals surface area contributed by atoms with Gasteiger partial charge in [0.2, 0.25) is 5.91 Å². The molecule has 0 atom stereocenters. The van der Waals surface area contributed by atoms with Crippen LogP contribution in [0.4, 0.5) is 5.69 Å². The molecule has 0 heterocycles. The number of ether oxygens (including phenoxy) is 1. The molecule has 0 fully saturated rings. The van der Waals surface area contributed by atoms with Crippen LogP contribution in [0.5, 0.6) is 5.75 Å². The highest BCUT2D eigenvalue weighted by molar-refractivity contribution is 5.90. The minimum Gasteiger partial charge on any atom is -0.497 e. The number of benzene rings is 2. The Morgan fingerprint density at radius 1 is 1.04 bits per heavy atom. The molecule has 23 heavy (non-hydrogen) atoms. The van der Waals surface area contributed by atoms with E-state index >= 15 is 0 Å². The summed E-state index contributed by atoms with van der Waals surface area (Å²) in [5, 5.41) is 6.18. The molecular formula is C19H24N2O2. The smallest absolute Gasteiger partial charge is 0.225 e. The molecule has 0 aliphatic heterocycles. The Bertz CT molecular complexity index is 599. The predicted molar refractivity (Wildman–Crippen MR) is 93.9 cm³/mol. The quantitative estimate of drug-likeness (QED) is 0.699. The zero-order valence-electron chi connectivity index (χ0n) is 13.5. The summed E-state index contributed by atoms with van der Waals surface area (Å²) in [6.45, 7) is 1.60. The molecule has 2 N–H and O–H groups in total. The number of rotatable bonds is 9. The van der Waals surface area contributed by atoms with E-state index < -0.39 is 0 Å². The molecule has 0 bridgehead atoms. The van der Waals surface area contributed by atoms with Crippen molar-refractivity contribution in [3.8, 4) is 5.75 Å². The van der Waals surface area contributed by atoms with E-state index in [9.17, 15) is 4.79 Å². The van der Waals surface area contributed by atoms with Crippen molar-refractivity contribution in [1.82, 2.24) is 5.32 Å². The molecule has 2 aromatic rings. The van der Waals surface area contributed by atoms with Gasteiger partial charge in [0.1, 0.15) is 5.75 Å². The van der Waals surface area contributed by atoms with E-state index in [2.05, 4.69) is 34.9 Å². The molecule has 1 amide bonds. The molecule has 0 unspecified atom stereocenters. The van der Waals surface area contributed by atoms with Crippen LogP contribution in [0.2, 0.25) is 0 Å². The number of anilines is 1. The fourth-order valence-corrected chi connectivity index (χ4v) is 2.31. The van der Waals surface area contributed by atoms with Crippen LogP contribution in [0.25, 0.3) is 0 Å². The van der Waals surface area contributed by atoms with E-state index in [-0.39, 0.29) is 5.91 Å². The van der Waals surface area contributed by atoms with Crippen LogP contribution in [-0.2, 0) is 11.2 Å². The van der Waals surface area contributed by atoms with E-state index in [0.717, 1.165) is 30.8 Å². The zero-order valence-corrected chi connectivity index (χ0v) is 13.5. The van der Waals surface area contributed by atoms with Crippen LogP contribution in [0.15, 0.2) is 54.6 Å². The van der Waals surface area contributed by atoms with Crippen molar-refractivity contribution < 1.29 is 9.53 Å². The normalized spacial score (nSPS) is 10.3. The Labute approximate surface area is 137 Å². The fraction of sp³-hybridized carbons (Fsp3) is 0.316. The van der Waals surface area contributed by atoms with E-state index in [0.29, 0.717) is 13.0 Å². The second-order valence-corrected chi connectivity index (χ2v) is 5.37. The summed E-state index contributed by atoms with van der Waals surface area (Å²) in [6.07, 6.45) is 2.59. The molecule has 0 spiro atoms. The number of amides is 1. The van der Waals surface area contributed by atoms with Crippen molar-refractivity contribution in [2.75, 3.05) is 25.5 Å². The minimum atomic E-state index is 0.00816. The lowest BCUT2D eigenvalue weighted by Crippen LogP contribution is -2.22. The molecule has 4 heteroatoms. The lowest BCUT2D eigenvalue weighted by molar-refractivity contribution is -0.116. The summed E-state index contributed by atoms with van der Waals surface area (Å²) < 4.78 is 5.13. The molecular weight excluding hydrogens is 288 g/mol. The number of carbonyl (C=O) groups is 1. The van der Waals surface area contributed by atoms with E-state index in [4.69, 9.17) is 4.74 Å². The zero-order chi connectivity index (χ0) is 16.3. The Balaban J connectivity index is 1.58. The first-order valence-corrected chi connectivity index (χ1v) is 7.96. The van der Waals surface area contributed by atoms with Gasteiger partial charge in [-0.3, -0.25) is 4.79 Å². The summed E-state index contributed by atoms with van der Waals surface area (Å²) in [7, 11) is 1.61. The van der Waals surface area contributed by atoms with E-state index in [1.165, 1.54) is 5.56 Å². The topological polar surface area (TPSA) is 50.4 Å². The van der Waals surface area contributed by atoms with Gasteiger partial charge < -0.3 is 15.4 Å². The summed E-state index contributed by atoms with van der Waals surface area (Å²) in [6, 6.07) is 17.8. The molecule has 0 aliphatic rings. The lowest BCUT2D eigenvalue weighted by atomic mass is 10.1. The molecule has 2 aromatic carbocycles. The number of aryl methyl sites for hydroxylation is 1. The first-order valence-electron chi connectivity index (χ1n) is 7.96. The van der Waals surface area contributed by atoms with Gasteiger partial charge in [-0.05, 0) is 37.1 Å². The highest BCUT2D eigenvalue weighted by Crippen LogP contribution is 2.16. The Kier molecular flexibility index (Phi) is 7.14. The first kappa shape index (κ1) is 17.0. The van der Waals surface area contributed by atoms with Crippen LogP contribution in [-0.4, -0.2) is 26.1 Å². The maximum atomic E-state index is 11.9. The highest BCUT2D eigenvalue weighted by Gasteiger charge is 2.03. The number of nitrogens with one attached hydrogen (secondary N) is 2. The third-order valence-corrected chi connectivity index (χ3v) is 3.54. The summed E-state index contributed by atoms with van der Waals surface area (Å²) in [5.74, 6) is 0.746. The van der Waals surface area contributed by atoms with Gasteiger partial charge in [0.25, 0.3) is 0 Å². The second kappa shape index (κ2) is 9.64. The van der Waals surface area contributed by atoms with Crippen molar-refractivity contribution in [3.63, 3.8) is 0 Å². The van der Waals surface area contributed by atoms with Gasteiger partial charge in [0, 0.05) is 24.7 Å². The Morgan fingerprint density at radius 2 is 1.87 bits per heavy atom. The molecule has 2 rings (SSSR count). The maximum absolute atomic E-state index is 11.9. The van der Waals surface area contributed by atoms with Crippen molar-refractivity contribution in [2.24, 2.45) is 0 Å². The van der Waals surface area contributed by atoms with Gasteiger partial charge in [0.15, 0.2) is 0 Å². The van der Waals surface area contributed by atoms with Crippen LogP contribution >= 0.6 is 0 Å². The van der Waals surface area contributed by atoms with Gasteiger partial charge in [-0.15, -0.1) is 0 Å². The molecule has 4 nitrogen and oxygen atoms in total. The number of hydrogen-bond donors (Lipinski definition) is 2. The molecule has 122 valence electrons. The Hall–Kier alpha value is -2.33. The van der Waals surface area contributed by atoms with Gasteiger partial charge in [-0.2, -0.15) is 0 Å². The van der Waals surface area contributed by atoms with E-state index in [1.807, 2.05) is 30.3 Å². The SMILES string of the molecule is COc1cccc(NC(=O)CCNCCCc2ccccc2)c1. The van der Waals surface area contributed by atoms with Crippen molar-refractivity contribution in [1.29, 1.82) is 0 Å².